The lowest BCUT2D eigenvalue weighted by atomic mass is 9.84. The smallest absolute Gasteiger partial charge is 0.308 e. The molecule has 1 rings (SSSR count). The Hall–Kier alpha value is -2.10. The standard InChI is InChI=1S/C17H23NO3/c1-5-11-21-15(19)12-14(17(2,3)4)18-16(20)13-9-7-6-8-10-13/h5-10,14H,1,11-12H2,2-4H3,(H,18,20)/t14-/m1/s1. The first-order valence-electron chi connectivity index (χ1n) is 6.97. The zero-order valence-electron chi connectivity index (χ0n) is 12.9. The van der Waals surface area contributed by atoms with Crippen LogP contribution in [0.4, 0.5) is 0 Å². The summed E-state index contributed by atoms with van der Waals surface area (Å²) in [7, 11) is 0. The highest BCUT2D eigenvalue weighted by Crippen LogP contribution is 2.22. The van der Waals surface area contributed by atoms with E-state index in [1.54, 1.807) is 24.3 Å². The number of nitrogens with one attached hydrogen (secondary N) is 1. The maximum absolute atomic E-state index is 12.2. The van der Waals surface area contributed by atoms with E-state index in [-0.39, 0.29) is 36.4 Å². The Morgan fingerprint density at radius 3 is 2.43 bits per heavy atom. The van der Waals surface area contributed by atoms with Crippen molar-refractivity contribution in [3.63, 3.8) is 0 Å². The number of esters is 1. The largest absolute Gasteiger partial charge is 0.461 e. The Kier molecular flexibility index (Phi) is 6.15. The molecular weight excluding hydrogens is 266 g/mol. The molecule has 0 fully saturated rings. The number of ether oxygens (including phenoxy) is 1. The highest BCUT2D eigenvalue weighted by atomic mass is 16.5. The molecule has 114 valence electrons. The molecule has 0 radical (unpaired) electrons. The first kappa shape index (κ1) is 17.0. The van der Waals surface area contributed by atoms with Crippen LogP contribution in [0.3, 0.4) is 0 Å². The van der Waals surface area contributed by atoms with E-state index >= 15 is 0 Å². The SMILES string of the molecule is C=CCOC(=O)C[C@@H](NC(=O)c1ccccc1)C(C)(C)C. The van der Waals surface area contributed by atoms with Gasteiger partial charge in [-0.2, -0.15) is 0 Å². The first-order valence-corrected chi connectivity index (χ1v) is 6.97. The normalized spacial score (nSPS) is 12.3. The van der Waals surface area contributed by atoms with Crippen molar-refractivity contribution in [3.8, 4) is 0 Å². The fraction of sp³-hybridized carbons (Fsp3) is 0.412. The van der Waals surface area contributed by atoms with Gasteiger partial charge in [-0.25, -0.2) is 0 Å². The molecule has 0 aliphatic heterocycles. The van der Waals surface area contributed by atoms with Crippen LogP contribution < -0.4 is 5.32 Å². The maximum Gasteiger partial charge on any atom is 0.308 e. The summed E-state index contributed by atoms with van der Waals surface area (Å²) in [6, 6.07) is 8.64. The number of carbonyl (C=O) groups excluding carboxylic acids is 2. The van der Waals surface area contributed by atoms with Crippen molar-refractivity contribution >= 4 is 11.9 Å². The van der Waals surface area contributed by atoms with Crippen LogP contribution >= 0.6 is 0 Å². The molecule has 0 aromatic heterocycles. The van der Waals surface area contributed by atoms with E-state index in [0.717, 1.165) is 0 Å². The lowest BCUT2D eigenvalue weighted by molar-refractivity contribution is -0.143. The molecule has 1 amide bonds. The molecule has 0 unspecified atom stereocenters. The zero-order chi connectivity index (χ0) is 15.9. The van der Waals surface area contributed by atoms with Crippen molar-refractivity contribution in [2.45, 2.75) is 33.2 Å². The van der Waals surface area contributed by atoms with Crippen LogP contribution in [0.2, 0.25) is 0 Å². The van der Waals surface area contributed by atoms with Gasteiger partial charge in [-0.3, -0.25) is 9.59 Å². The van der Waals surface area contributed by atoms with Crippen molar-refractivity contribution < 1.29 is 14.3 Å². The number of benzene rings is 1. The summed E-state index contributed by atoms with van der Waals surface area (Å²) in [6.45, 7) is 9.61. The van der Waals surface area contributed by atoms with Crippen LogP contribution in [0.25, 0.3) is 0 Å². The Morgan fingerprint density at radius 2 is 1.90 bits per heavy atom. The molecule has 1 N–H and O–H groups in total. The highest BCUT2D eigenvalue weighted by Gasteiger charge is 2.29. The topological polar surface area (TPSA) is 55.4 Å². The van der Waals surface area contributed by atoms with E-state index in [1.807, 2.05) is 26.8 Å². The molecule has 1 aromatic carbocycles. The van der Waals surface area contributed by atoms with Gasteiger partial charge in [0.1, 0.15) is 6.61 Å². The third kappa shape index (κ3) is 5.81. The molecule has 21 heavy (non-hydrogen) atoms. The van der Waals surface area contributed by atoms with Gasteiger partial charge >= 0.3 is 5.97 Å². The molecular formula is C17H23NO3. The molecule has 1 aromatic rings. The molecule has 1 atom stereocenters. The minimum Gasteiger partial charge on any atom is -0.461 e. The van der Waals surface area contributed by atoms with E-state index < -0.39 is 0 Å². The summed E-state index contributed by atoms with van der Waals surface area (Å²) in [5, 5.41) is 2.91. The molecule has 0 aliphatic rings. The summed E-state index contributed by atoms with van der Waals surface area (Å²) in [5.74, 6) is -0.532. The quantitative estimate of drug-likeness (QED) is 0.647. The third-order valence-electron chi connectivity index (χ3n) is 3.12. The predicted octanol–water partition coefficient (Wildman–Crippen LogP) is 2.95. The molecule has 0 bridgehead atoms. The summed E-state index contributed by atoms with van der Waals surface area (Å²) in [6.07, 6.45) is 1.66. The number of amides is 1. The van der Waals surface area contributed by atoms with Crippen LogP contribution in [-0.2, 0) is 9.53 Å². The Balaban J connectivity index is 2.73. The van der Waals surface area contributed by atoms with Gasteiger partial charge in [0.15, 0.2) is 0 Å². The number of rotatable bonds is 6. The van der Waals surface area contributed by atoms with Crippen molar-refractivity contribution in [2.24, 2.45) is 5.41 Å². The Labute approximate surface area is 126 Å². The van der Waals surface area contributed by atoms with E-state index in [2.05, 4.69) is 11.9 Å². The monoisotopic (exact) mass is 289 g/mol. The minimum atomic E-state index is -0.344. The average Bonchev–Trinajstić information content (AvgIpc) is 2.44. The fourth-order valence-corrected chi connectivity index (χ4v) is 1.78. The van der Waals surface area contributed by atoms with Crippen molar-refractivity contribution in [2.75, 3.05) is 6.61 Å². The van der Waals surface area contributed by atoms with Gasteiger partial charge in [-0.05, 0) is 17.5 Å². The summed E-state index contributed by atoms with van der Waals surface area (Å²) >= 11 is 0. The summed E-state index contributed by atoms with van der Waals surface area (Å²) < 4.78 is 5.00. The van der Waals surface area contributed by atoms with Gasteiger partial charge in [0.25, 0.3) is 5.91 Å². The number of hydrogen-bond acceptors (Lipinski definition) is 3. The van der Waals surface area contributed by atoms with Crippen molar-refractivity contribution in [1.82, 2.24) is 5.32 Å². The van der Waals surface area contributed by atoms with Crippen LogP contribution in [-0.4, -0.2) is 24.5 Å². The molecule has 4 nitrogen and oxygen atoms in total. The third-order valence-corrected chi connectivity index (χ3v) is 3.12. The summed E-state index contributed by atoms with van der Waals surface area (Å²) in [5.41, 5.74) is 0.323. The molecule has 0 heterocycles. The van der Waals surface area contributed by atoms with E-state index in [0.29, 0.717) is 5.56 Å². The van der Waals surface area contributed by atoms with Gasteiger partial charge in [0, 0.05) is 11.6 Å². The van der Waals surface area contributed by atoms with Crippen LogP contribution in [0, 0.1) is 5.41 Å². The average molecular weight is 289 g/mol. The molecule has 0 saturated carbocycles. The lowest BCUT2D eigenvalue weighted by Crippen LogP contribution is -2.45. The molecule has 0 saturated heterocycles. The van der Waals surface area contributed by atoms with E-state index in [1.165, 1.54) is 6.08 Å². The van der Waals surface area contributed by atoms with Gasteiger partial charge < -0.3 is 10.1 Å². The van der Waals surface area contributed by atoms with Crippen molar-refractivity contribution in [1.29, 1.82) is 0 Å². The second kappa shape index (κ2) is 7.62. The number of carbonyl (C=O) groups is 2. The van der Waals surface area contributed by atoms with Gasteiger partial charge in [0.05, 0.1) is 6.42 Å². The van der Waals surface area contributed by atoms with Gasteiger partial charge in [-0.1, -0.05) is 51.6 Å². The van der Waals surface area contributed by atoms with Crippen LogP contribution in [0.15, 0.2) is 43.0 Å². The highest BCUT2D eigenvalue weighted by molar-refractivity contribution is 5.94. The molecule has 0 aliphatic carbocycles. The lowest BCUT2D eigenvalue weighted by Gasteiger charge is -2.30. The molecule has 4 heteroatoms. The Bertz CT molecular complexity index is 489. The predicted molar refractivity (Wildman–Crippen MR) is 82.9 cm³/mol. The van der Waals surface area contributed by atoms with Crippen LogP contribution in [0.1, 0.15) is 37.6 Å². The zero-order valence-corrected chi connectivity index (χ0v) is 12.9. The number of hydrogen-bond donors (Lipinski definition) is 1. The van der Waals surface area contributed by atoms with E-state index in [9.17, 15) is 9.59 Å². The second-order valence-corrected chi connectivity index (χ2v) is 5.93. The Morgan fingerprint density at radius 1 is 1.29 bits per heavy atom. The van der Waals surface area contributed by atoms with Gasteiger partial charge in [0.2, 0.25) is 0 Å². The molecule has 0 spiro atoms. The minimum absolute atomic E-state index is 0.135. The maximum atomic E-state index is 12.2. The summed E-state index contributed by atoms with van der Waals surface area (Å²) in [4.78, 5) is 24.0. The van der Waals surface area contributed by atoms with E-state index in [4.69, 9.17) is 4.74 Å². The van der Waals surface area contributed by atoms with Crippen molar-refractivity contribution in [3.05, 3.63) is 48.6 Å². The van der Waals surface area contributed by atoms with Gasteiger partial charge in [-0.15, -0.1) is 0 Å². The van der Waals surface area contributed by atoms with Crippen LogP contribution in [0.5, 0.6) is 0 Å². The second-order valence-electron chi connectivity index (χ2n) is 5.93. The first-order chi connectivity index (χ1) is 9.84. The fourth-order valence-electron chi connectivity index (χ4n) is 1.78.